The Balaban J connectivity index is 2.87. The smallest absolute Gasteiger partial charge is 0.245 e. The fraction of sp³-hybridized carbons (Fsp3) is 0.704. The highest BCUT2D eigenvalue weighted by molar-refractivity contribution is 5.99. The van der Waals surface area contributed by atoms with Gasteiger partial charge in [0.1, 0.15) is 60.4 Å². The van der Waals surface area contributed by atoms with E-state index in [0.29, 0.717) is 12.0 Å². The summed E-state index contributed by atoms with van der Waals surface area (Å²) in [7, 11) is 0. The van der Waals surface area contributed by atoms with Crippen LogP contribution in [0.25, 0.3) is 0 Å². The average molecular weight is 1100 g/mol. The Morgan fingerprint density at radius 1 is 0.397 bits per heavy atom. The molecule has 24 heteroatoms. The third kappa shape index (κ3) is 22.6. The lowest BCUT2D eigenvalue weighted by molar-refractivity contribution is -0.138. The van der Waals surface area contributed by atoms with E-state index in [0.717, 1.165) is 0 Å². The molecular formula is C54H93N13O11. The molecule has 0 spiro atoms. The van der Waals surface area contributed by atoms with Crippen molar-refractivity contribution in [1.82, 2.24) is 53.2 Å². The minimum absolute atomic E-state index is 0.0358. The molecule has 0 bridgehead atoms. The SMILES string of the molecule is CC[C@H](C)[C@@H]1NC(=O)[C@H](CCN)NC(=O)[C@H](CC(C)C)NC(=O)[C@H]([C@@H](C)O)NC(=O)[C@H](CC(C)C)NC(=O)[C@@H](C(C)C)NC(=O)[C@H](CCN)NC(=O)[C@H](CC(C)C)NC(=O)[C@@H](Cc2ccccc2)NC(=O)[C@H](CCN)NC1=O. The molecule has 12 atom stereocenters. The van der Waals surface area contributed by atoms with Crippen LogP contribution in [0.2, 0.25) is 0 Å². The maximum Gasteiger partial charge on any atom is 0.245 e. The van der Waals surface area contributed by atoms with Crippen molar-refractivity contribution in [3.05, 3.63) is 35.9 Å². The molecule has 440 valence electrons. The molecule has 17 N–H and O–H groups in total. The van der Waals surface area contributed by atoms with Gasteiger partial charge in [-0.15, -0.1) is 0 Å². The summed E-state index contributed by atoms with van der Waals surface area (Å²) in [6.45, 7) is 18.6. The number of aliphatic hydroxyl groups is 1. The average Bonchev–Trinajstić information content (AvgIpc) is 3.36. The van der Waals surface area contributed by atoms with E-state index in [9.17, 15) is 53.1 Å². The van der Waals surface area contributed by atoms with Crippen LogP contribution in [0.5, 0.6) is 0 Å². The molecule has 1 heterocycles. The second kappa shape index (κ2) is 33.9. The van der Waals surface area contributed by atoms with E-state index in [-0.39, 0.29) is 82.3 Å². The highest BCUT2D eigenvalue weighted by Gasteiger charge is 2.39. The summed E-state index contributed by atoms with van der Waals surface area (Å²) in [5.74, 6) is -9.83. The number of hydrogen-bond donors (Lipinski definition) is 14. The first kappa shape index (κ1) is 67.9. The van der Waals surface area contributed by atoms with Gasteiger partial charge >= 0.3 is 0 Å². The number of hydrogen-bond acceptors (Lipinski definition) is 14. The highest BCUT2D eigenvalue weighted by atomic mass is 16.3. The summed E-state index contributed by atoms with van der Waals surface area (Å²) in [5, 5.41) is 37.7. The van der Waals surface area contributed by atoms with Gasteiger partial charge in [-0.1, -0.05) is 106 Å². The Morgan fingerprint density at radius 2 is 0.692 bits per heavy atom. The van der Waals surface area contributed by atoms with E-state index >= 15 is 0 Å². The second-order valence-corrected chi connectivity index (χ2v) is 22.1. The summed E-state index contributed by atoms with van der Waals surface area (Å²) < 4.78 is 0. The van der Waals surface area contributed by atoms with Crippen molar-refractivity contribution in [2.45, 2.75) is 194 Å². The van der Waals surface area contributed by atoms with Crippen LogP contribution in [0.1, 0.15) is 127 Å². The van der Waals surface area contributed by atoms with Gasteiger partial charge in [0.05, 0.1) is 6.10 Å². The molecule has 0 aliphatic carbocycles. The molecular weight excluding hydrogens is 1010 g/mol. The molecule has 0 saturated carbocycles. The van der Waals surface area contributed by atoms with Gasteiger partial charge in [0.25, 0.3) is 0 Å². The fourth-order valence-corrected chi connectivity index (χ4v) is 8.75. The molecule has 1 aromatic rings. The molecule has 1 saturated heterocycles. The molecule has 0 aromatic heterocycles. The van der Waals surface area contributed by atoms with Crippen LogP contribution in [0.4, 0.5) is 0 Å². The topological polar surface area (TPSA) is 389 Å². The zero-order valence-corrected chi connectivity index (χ0v) is 47.7. The molecule has 1 aromatic carbocycles. The Hall–Kier alpha value is -6.24. The predicted octanol–water partition coefficient (Wildman–Crippen LogP) is -1.64. The van der Waals surface area contributed by atoms with Crippen molar-refractivity contribution < 1.29 is 53.1 Å². The van der Waals surface area contributed by atoms with Gasteiger partial charge in [0, 0.05) is 6.42 Å². The van der Waals surface area contributed by atoms with Crippen LogP contribution in [-0.4, -0.2) is 150 Å². The third-order valence-electron chi connectivity index (χ3n) is 13.3. The molecule has 1 fully saturated rings. The highest BCUT2D eigenvalue weighted by Crippen LogP contribution is 2.15. The van der Waals surface area contributed by atoms with Gasteiger partial charge in [-0.3, -0.25) is 47.9 Å². The van der Waals surface area contributed by atoms with Crippen LogP contribution < -0.4 is 70.4 Å². The normalized spacial score (nSPS) is 26.6. The maximum absolute atomic E-state index is 14.5. The summed E-state index contributed by atoms with van der Waals surface area (Å²) in [5.41, 5.74) is 18.5. The molecule has 1 aliphatic rings. The number of carbonyl (C=O) groups excluding carboxylic acids is 10. The van der Waals surface area contributed by atoms with E-state index < -0.39 is 137 Å². The predicted molar refractivity (Wildman–Crippen MR) is 295 cm³/mol. The van der Waals surface area contributed by atoms with Gasteiger partial charge in [-0.05, 0) is 100 Å². The quantitative estimate of drug-likeness (QED) is 0.0785. The zero-order valence-electron chi connectivity index (χ0n) is 47.7. The van der Waals surface area contributed by atoms with Crippen LogP contribution in [0, 0.1) is 29.6 Å². The Kier molecular flexibility index (Phi) is 29.5. The molecule has 0 radical (unpaired) electrons. The van der Waals surface area contributed by atoms with Crippen LogP contribution in [0.15, 0.2) is 30.3 Å². The van der Waals surface area contributed by atoms with Crippen molar-refractivity contribution in [2.24, 2.45) is 46.8 Å². The van der Waals surface area contributed by atoms with Crippen molar-refractivity contribution in [3.63, 3.8) is 0 Å². The second-order valence-electron chi connectivity index (χ2n) is 22.1. The van der Waals surface area contributed by atoms with Crippen LogP contribution in [0.3, 0.4) is 0 Å². The largest absolute Gasteiger partial charge is 0.391 e. The Labute approximate surface area is 460 Å². The summed E-state index contributed by atoms with van der Waals surface area (Å²) in [6, 6.07) is -4.69. The van der Waals surface area contributed by atoms with Crippen molar-refractivity contribution >= 4 is 59.1 Å². The molecule has 78 heavy (non-hydrogen) atoms. The van der Waals surface area contributed by atoms with Crippen LogP contribution in [-0.2, 0) is 54.4 Å². The van der Waals surface area contributed by atoms with Gasteiger partial charge < -0.3 is 75.5 Å². The van der Waals surface area contributed by atoms with Gasteiger partial charge in [0.2, 0.25) is 59.1 Å². The minimum Gasteiger partial charge on any atom is -0.391 e. The minimum atomic E-state index is -1.66. The number of rotatable bonds is 18. The molecule has 2 rings (SSSR count). The first-order valence-corrected chi connectivity index (χ1v) is 27.5. The number of nitrogens with one attached hydrogen (secondary N) is 10. The summed E-state index contributed by atoms with van der Waals surface area (Å²) in [4.78, 5) is 142. The number of aliphatic hydroxyl groups excluding tert-OH is 1. The summed E-state index contributed by atoms with van der Waals surface area (Å²) in [6.07, 6.45) is -1.36. The first-order valence-electron chi connectivity index (χ1n) is 27.5. The Bertz CT molecular complexity index is 2140. The molecule has 10 amide bonds. The zero-order chi connectivity index (χ0) is 59.0. The monoisotopic (exact) mass is 1100 g/mol. The molecule has 24 nitrogen and oxygen atoms in total. The molecule has 0 unspecified atom stereocenters. The first-order chi connectivity index (χ1) is 36.7. The van der Waals surface area contributed by atoms with E-state index in [1.165, 1.54) is 6.92 Å². The molecule has 1 aliphatic heterocycles. The van der Waals surface area contributed by atoms with Crippen LogP contribution >= 0.6 is 0 Å². The van der Waals surface area contributed by atoms with Crippen molar-refractivity contribution in [2.75, 3.05) is 19.6 Å². The number of amides is 10. The number of nitrogens with two attached hydrogens (primary N) is 3. The number of carbonyl (C=O) groups is 10. The maximum atomic E-state index is 14.5. The lowest BCUT2D eigenvalue weighted by Crippen LogP contribution is -2.63. The number of benzene rings is 1. The van der Waals surface area contributed by atoms with E-state index in [1.807, 2.05) is 13.8 Å². The van der Waals surface area contributed by atoms with E-state index in [4.69, 9.17) is 17.2 Å². The van der Waals surface area contributed by atoms with Gasteiger partial charge in [-0.25, -0.2) is 0 Å². The fourth-order valence-electron chi connectivity index (χ4n) is 8.75. The van der Waals surface area contributed by atoms with Gasteiger partial charge in [-0.2, -0.15) is 0 Å². The van der Waals surface area contributed by atoms with E-state index in [2.05, 4.69) is 53.2 Å². The standard InChI is InChI=1S/C54H93N13O11/c1-12-32(10)43-53(77)60-35(18-21-55)45(69)62-41(27-34-16-14-13-15-17-34)50(74)61-38(24-28(2)3)48(72)58-36(19-22-56)46(70)65-42(31(8)9)52(76)63-40(26-30(6)7)51(75)67-44(33(11)68)54(78)64-39(25-29(4)5)49(73)59-37(20-23-57)47(71)66-43/h13-17,28-33,35-44,68H,12,18-27,55-57H2,1-11H3,(H,58,72)(H,59,73)(H,60,77)(H,61,74)(H,62,69)(H,63,76)(H,64,78)(H,65,70)(H,66,71)(H,67,75)/t32-,33+,35-,36-,37-,38-,39-,40-,41+,42+,43-,44-/m0/s1. The summed E-state index contributed by atoms with van der Waals surface area (Å²) >= 11 is 0. The lowest BCUT2D eigenvalue weighted by Gasteiger charge is -2.31. The van der Waals surface area contributed by atoms with Crippen molar-refractivity contribution in [1.29, 1.82) is 0 Å². The van der Waals surface area contributed by atoms with E-state index in [1.54, 1.807) is 85.7 Å². The third-order valence-corrected chi connectivity index (χ3v) is 13.3. The van der Waals surface area contributed by atoms with Crippen molar-refractivity contribution in [3.8, 4) is 0 Å². The van der Waals surface area contributed by atoms with Gasteiger partial charge in [0.15, 0.2) is 0 Å². The Morgan fingerprint density at radius 3 is 1.08 bits per heavy atom. The lowest BCUT2D eigenvalue weighted by atomic mass is 9.96.